The summed E-state index contributed by atoms with van der Waals surface area (Å²) in [6.07, 6.45) is 0. The van der Waals surface area contributed by atoms with Crippen LogP contribution in [0.1, 0.15) is 23.5 Å². The second-order valence-electron chi connectivity index (χ2n) is 4.08. The molecule has 0 bridgehead atoms. The molecule has 1 aromatic carbocycles. The van der Waals surface area contributed by atoms with Gasteiger partial charge in [-0.15, -0.1) is 11.3 Å². The van der Waals surface area contributed by atoms with Crippen molar-refractivity contribution in [3.8, 4) is 10.6 Å². The Kier molecular flexibility index (Phi) is 4.00. The molecule has 96 valence electrons. The van der Waals surface area contributed by atoms with Crippen LogP contribution in [-0.4, -0.2) is 12.0 Å². The standard InChI is InChI=1S/C13H14ClFN2S/c1-7(16-3)12-8(2)17-13(18-12)11-9(14)5-4-6-10(11)15/h4-7,16H,1-3H3. The molecule has 2 nitrogen and oxygen atoms in total. The first-order chi connectivity index (χ1) is 8.54. The van der Waals surface area contributed by atoms with Gasteiger partial charge in [-0.3, -0.25) is 0 Å². The zero-order chi connectivity index (χ0) is 13.3. The van der Waals surface area contributed by atoms with Crippen LogP contribution in [0.25, 0.3) is 10.6 Å². The third kappa shape index (κ3) is 2.41. The lowest BCUT2D eigenvalue weighted by molar-refractivity contribution is 0.631. The first kappa shape index (κ1) is 13.5. The summed E-state index contributed by atoms with van der Waals surface area (Å²) in [7, 11) is 1.89. The first-order valence-electron chi connectivity index (χ1n) is 5.63. The maximum Gasteiger partial charge on any atom is 0.134 e. The molecule has 0 aliphatic heterocycles. The van der Waals surface area contributed by atoms with Gasteiger partial charge in [0.05, 0.1) is 16.3 Å². The number of nitrogens with one attached hydrogen (secondary N) is 1. The number of halogens is 2. The molecule has 1 unspecified atom stereocenters. The molecule has 18 heavy (non-hydrogen) atoms. The minimum Gasteiger partial charge on any atom is -0.312 e. The summed E-state index contributed by atoms with van der Waals surface area (Å²) in [5.41, 5.74) is 1.30. The molecule has 0 radical (unpaired) electrons. The third-order valence-corrected chi connectivity index (χ3v) is 4.51. The highest BCUT2D eigenvalue weighted by Crippen LogP contribution is 2.36. The second-order valence-corrected chi connectivity index (χ2v) is 5.51. The van der Waals surface area contributed by atoms with E-state index >= 15 is 0 Å². The van der Waals surface area contributed by atoms with Crippen molar-refractivity contribution in [2.45, 2.75) is 19.9 Å². The van der Waals surface area contributed by atoms with Gasteiger partial charge >= 0.3 is 0 Å². The van der Waals surface area contributed by atoms with E-state index in [1.165, 1.54) is 17.4 Å². The molecule has 1 heterocycles. The quantitative estimate of drug-likeness (QED) is 0.914. The van der Waals surface area contributed by atoms with Crippen molar-refractivity contribution in [3.63, 3.8) is 0 Å². The molecular formula is C13H14ClFN2S. The lowest BCUT2D eigenvalue weighted by atomic mass is 10.2. The van der Waals surface area contributed by atoms with Crippen LogP contribution in [0.5, 0.6) is 0 Å². The van der Waals surface area contributed by atoms with E-state index in [1.807, 2.05) is 20.9 Å². The van der Waals surface area contributed by atoms with Crippen molar-refractivity contribution < 1.29 is 4.39 Å². The smallest absolute Gasteiger partial charge is 0.134 e. The SMILES string of the molecule is CNC(C)c1sc(-c2c(F)cccc2Cl)nc1C. The maximum absolute atomic E-state index is 13.8. The van der Waals surface area contributed by atoms with Crippen molar-refractivity contribution in [1.82, 2.24) is 10.3 Å². The van der Waals surface area contributed by atoms with Crippen LogP contribution in [0.15, 0.2) is 18.2 Å². The summed E-state index contributed by atoms with van der Waals surface area (Å²) >= 11 is 7.53. The predicted molar refractivity (Wildman–Crippen MR) is 74.7 cm³/mol. The molecule has 0 saturated carbocycles. The summed E-state index contributed by atoms with van der Waals surface area (Å²) in [5.74, 6) is -0.333. The van der Waals surface area contributed by atoms with Gasteiger partial charge in [0.25, 0.3) is 0 Å². The third-order valence-electron chi connectivity index (χ3n) is 2.84. The fourth-order valence-electron chi connectivity index (χ4n) is 1.75. The molecule has 1 N–H and O–H groups in total. The van der Waals surface area contributed by atoms with Crippen molar-refractivity contribution in [1.29, 1.82) is 0 Å². The molecule has 1 aromatic heterocycles. The van der Waals surface area contributed by atoms with Gasteiger partial charge in [0.15, 0.2) is 0 Å². The van der Waals surface area contributed by atoms with Gasteiger partial charge in [-0.2, -0.15) is 0 Å². The minimum atomic E-state index is -0.333. The Morgan fingerprint density at radius 2 is 2.17 bits per heavy atom. The molecule has 0 aliphatic rings. The largest absolute Gasteiger partial charge is 0.312 e. The van der Waals surface area contributed by atoms with E-state index in [0.29, 0.717) is 15.6 Å². The number of benzene rings is 1. The number of nitrogens with zero attached hydrogens (tertiary/aromatic N) is 1. The number of aromatic nitrogens is 1. The number of rotatable bonds is 3. The summed E-state index contributed by atoms with van der Waals surface area (Å²) < 4.78 is 13.8. The highest BCUT2D eigenvalue weighted by Gasteiger charge is 2.18. The van der Waals surface area contributed by atoms with Crippen LogP contribution in [0.2, 0.25) is 5.02 Å². The summed E-state index contributed by atoms with van der Waals surface area (Å²) in [6.45, 7) is 3.98. The Balaban J connectivity index is 2.53. The van der Waals surface area contributed by atoms with Crippen molar-refractivity contribution in [3.05, 3.63) is 39.6 Å². The van der Waals surface area contributed by atoms with Crippen LogP contribution >= 0.6 is 22.9 Å². The molecule has 0 amide bonds. The van der Waals surface area contributed by atoms with Crippen LogP contribution < -0.4 is 5.32 Å². The predicted octanol–water partition coefficient (Wildman–Crippen LogP) is 4.19. The Bertz CT molecular complexity index is 548. The average molecular weight is 285 g/mol. The molecule has 5 heteroatoms. The Labute approximate surface area is 115 Å². The molecular weight excluding hydrogens is 271 g/mol. The summed E-state index contributed by atoms with van der Waals surface area (Å²) in [6, 6.07) is 4.87. The molecule has 2 aromatic rings. The molecule has 0 saturated heterocycles. The number of aryl methyl sites for hydroxylation is 1. The van der Waals surface area contributed by atoms with Crippen molar-refractivity contribution >= 4 is 22.9 Å². The molecule has 1 atom stereocenters. The van der Waals surface area contributed by atoms with E-state index in [-0.39, 0.29) is 11.9 Å². The van der Waals surface area contributed by atoms with Crippen molar-refractivity contribution in [2.24, 2.45) is 0 Å². The molecule has 0 aliphatic carbocycles. The van der Waals surface area contributed by atoms with E-state index in [1.54, 1.807) is 12.1 Å². The highest BCUT2D eigenvalue weighted by atomic mass is 35.5. The van der Waals surface area contributed by atoms with E-state index in [0.717, 1.165) is 10.6 Å². The summed E-state index contributed by atoms with van der Waals surface area (Å²) in [4.78, 5) is 5.53. The van der Waals surface area contributed by atoms with E-state index < -0.39 is 0 Å². The van der Waals surface area contributed by atoms with E-state index in [9.17, 15) is 4.39 Å². The van der Waals surface area contributed by atoms with Gasteiger partial charge in [-0.05, 0) is 33.0 Å². The fraction of sp³-hybridized carbons (Fsp3) is 0.308. The number of hydrogen-bond acceptors (Lipinski definition) is 3. The van der Waals surface area contributed by atoms with Gasteiger partial charge in [-0.25, -0.2) is 9.37 Å². The summed E-state index contributed by atoms with van der Waals surface area (Å²) in [5, 5.41) is 4.19. The molecule has 2 rings (SSSR count). The number of hydrogen-bond donors (Lipinski definition) is 1. The normalized spacial score (nSPS) is 12.7. The molecule has 0 spiro atoms. The lowest BCUT2D eigenvalue weighted by Crippen LogP contribution is -2.11. The first-order valence-corrected chi connectivity index (χ1v) is 6.83. The van der Waals surface area contributed by atoms with Gasteiger partial charge < -0.3 is 5.32 Å². The van der Waals surface area contributed by atoms with E-state index in [4.69, 9.17) is 11.6 Å². The Morgan fingerprint density at radius 1 is 1.44 bits per heavy atom. The van der Waals surface area contributed by atoms with Crippen molar-refractivity contribution in [2.75, 3.05) is 7.05 Å². The second kappa shape index (κ2) is 5.34. The topological polar surface area (TPSA) is 24.9 Å². The number of thiazole rings is 1. The molecule has 0 fully saturated rings. The van der Waals surface area contributed by atoms with Gasteiger partial charge in [0, 0.05) is 10.9 Å². The highest BCUT2D eigenvalue weighted by molar-refractivity contribution is 7.15. The van der Waals surface area contributed by atoms with Gasteiger partial charge in [-0.1, -0.05) is 17.7 Å². The minimum absolute atomic E-state index is 0.196. The monoisotopic (exact) mass is 284 g/mol. The van der Waals surface area contributed by atoms with Crippen LogP contribution in [0.3, 0.4) is 0 Å². The Morgan fingerprint density at radius 3 is 2.78 bits per heavy atom. The van der Waals surface area contributed by atoms with Crippen LogP contribution in [0, 0.1) is 12.7 Å². The zero-order valence-electron chi connectivity index (χ0n) is 10.4. The fourth-order valence-corrected chi connectivity index (χ4v) is 3.25. The average Bonchev–Trinajstić information content (AvgIpc) is 2.70. The van der Waals surface area contributed by atoms with Gasteiger partial charge in [0.1, 0.15) is 10.8 Å². The van der Waals surface area contributed by atoms with E-state index in [2.05, 4.69) is 10.3 Å². The van der Waals surface area contributed by atoms with Gasteiger partial charge in [0.2, 0.25) is 0 Å². The zero-order valence-corrected chi connectivity index (χ0v) is 12.0. The Hall–Kier alpha value is -0.970. The van der Waals surface area contributed by atoms with Crippen LogP contribution in [-0.2, 0) is 0 Å². The lowest BCUT2D eigenvalue weighted by Gasteiger charge is -2.07. The maximum atomic E-state index is 13.8. The van der Waals surface area contributed by atoms with Crippen LogP contribution in [0.4, 0.5) is 4.39 Å².